The number of benzene rings is 2. The van der Waals surface area contributed by atoms with Gasteiger partial charge in [-0.2, -0.15) is 0 Å². The van der Waals surface area contributed by atoms with Crippen molar-refractivity contribution in [2.24, 2.45) is 5.92 Å². The van der Waals surface area contributed by atoms with Crippen molar-refractivity contribution in [2.45, 2.75) is 57.9 Å². The molecule has 2 aromatic carbocycles. The van der Waals surface area contributed by atoms with Gasteiger partial charge in [-0.3, -0.25) is 4.79 Å². The molecule has 1 aliphatic rings. The van der Waals surface area contributed by atoms with Gasteiger partial charge in [0.05, 0.1) is 0 Å². The van der Waals surface area contributed by atoms with Crippen molar-refractivity contribution in [3.8, 4) is 11.1 Å². The lowest BCUT2D eigenvalue weighted by Gasteiger charge is -2.29. The number of hydrogen-bond acceptors (Lipinski definition) is 4. The van der Waals surface area contributed by atoms with Gasteiger partial charge in [-0.1, -0.05) is 75.7 Å². The number of rotatable bonds is 11. The Hall–Kier alpha value is -3.35. The first kappa shape index (κ1) is 25.3. The second-order valence-electron chi connectivity index (χ2n) is 8.83. The van der Waals surface area contributed by atoms with Crippen molar-refractivity contribution >= 4 is 18.0 Å². The third kappa shape index (κ3) is 5.41. The van der Waals surface area contributed by atoms with Gasteiger partial charge in [0.15, 0.2) is 0 Å². The average molecular weight is 467 g/mol. The van der Waals surface area contributed by atoms with Crippen LogP contribution in [0.4, 0.5) is 4.79 Å². The van der Waals surface area contributed by atoms with E-state index in [-0.39, 0.29) is 37.3 Å². The Labute approximate surface area is 200 Å². The highest BCUT2D eigenvalue weighted by Gasteiger charge is 2.36. The first-order chi connectivity index (χ1) is 16.3. The third-order valence-electron chi connectivity index (χ3n) is 6.93. The molecule has 34 heavy (non-hydrogen) atoms. The molecule has 1 aliphatic carbocycles. The summed E-state index contributed by atoms with van der Waals surface area (Å²) < 4.78 is 5.56. The highest BCUT2D eigenvalue weighted by molar-refractivity contribution is 5.87. The first-order valence-electron chi connectivity index (χ1n) is 12.0. The van der Waals surface area contributed by atoms with E-state index in [1.807, 2.05) is 31.2 Å². The van der Waals surface area contributed by atoms with E-state index in [0.717, 1.165) is 11.1 Å². The van der Waals surface area contributed by atoms with E-state index in [9.17, 15) is 19.5 Å². The minimum absolute atomic E-state index is 0.0156. The first-order valence-corrected chi connectivity index (χ1v) is 12.0. The molecule has 0 saturated carbocycles. The van der Waals surface area contributed by atoms with Gasteiger partial charge in [-0.15, -0.1) is 0 Å². The predicted molar refractivity (Wildman–Crippen MR) is 131 cm³/mol. The number of carbonyl (C=O) groups is 3. The summed E-state index contributed by atoms with van der Waals surface area (Å²) in [5.74, 6) is -1.50. The summed E-state index contributed by atoms with van der Waals surface area (Å²) in [5, 5.41) is 15.0. The average Bonchev–Trinajstić information content (AvgIpc) is 3.17. The quantitative estimate of drug-likeness (QED) is 0.445. The number of fused-ring (bicyclic) bond motifs is 3. The maximum absolute atomic E-state index is 12.5. The van der Waals surface area contributed by atoms with Crippen molar-refractivity contribution < 1.29 is 24.2 Å². The van der Waals surface area contributed by atoms with E-state index in [0.29, 0.717) is 19.3 Å². The van der Waals surface area contributed by atoms with Gasteiger partial charge in [0.25, 0.3) is 0 Å². The van der Waals surface area contributed by atoms with Gasteiger partial charge in [0, 0.05) is 18.9 Å². The normalized spacial score (nSPS) is 13.5. The number of ether oxygens (including phenoxy) is 1. The lowest BCUT2D eigenvalue weighted by Crippen LogP contribution is -2.54. The third-order valence-corrected chi connectivity index (χ3v) is 6.93. The molecule has 0 heterocycles. The molecule has 2 aromatic rings. The van der Waals surface area contributed by atoms with Crippen LogP contribution in [0.3, 0.4) is 0 Å². The van der Waals surface area contributed by atoms with E-state index >= 15 is 0 Å². The summed E-state index contributed by atoms with van der Waals surface area (Å²) in [6, 6.07) is 16.3. The van der Waals surface area contributed by atoms with Gasteiger partial charge in [-0.05, 0) is 41.0 Å². The van der Waals surface area contributed by atoms with Crippen LogP contribution in [0, 0.1) is 5.92 Å². The molecule has 1 unspecified atom stereocenters. The number of nitrogens with one attached hydrogen (secondary N) is 2. The summed E-state index contributed by atoms with van der Waals surface area (Å²) in [6.07, 6.45) is 0.881. The molecule has 0 fully saturated rings. The lowest BCUT2D eigenvalue weighted by atomic mass is 9.92. The minimum Gasteiger partial charge on any atom is -0.480 e. The molecule has 0 bridgehead atoms. The van der Waals surface area contributed by atoms with Crippen LogP contribution in [-0.4, -0.2) is 41.8 Å². The number of carboxylic acid groups (broad SMARTS) is 1. The Morgan fingerprint density at radius 3 is 2.03 bits per heavy atom. The van der Waals surface area contributed by atoms with Crippen molar-refractivity contribution in [2.75, 3.05) is 13.2 Å². The topological polar surface area (TPSA) is 105 Å². The van der Waals surface area contributed by atoms with Crippen molar-refractivity contribution in [1.82, 2.24) is 10.6 Å². The van der Waals surface area contributed by atoms with Crippen molar-refractivity contribution in [3.63, 3.8) is 0 Å². The maximum Gasteiger partial charge on any atom is 0.407 e. The molecule has 182 valence electrons. The number of carboxylic acids is 1. The van der Waals surface area contributed by atoms with Crippen LogP contribution in [0.15, 0.2) is 48.5 Å². The molecule has 7 heteroatoms. The molecular formula is C27H34N2O5. The molecule has 0 aliphatic heterocycles. The molecule has 7 nitrogen and oxygen atoms in total. The number of alkyl carbamates (subject to hydrolysis) is 1. The predicted octanol–water partition coefficient (Wildman–Crippen LogP) is 4.70. The van der Waals surface area contributed by atoms with Crippen LogP contribution in [0.1, 0.15) is 63.5 Å². The number of aliphatic carboxylic acids is 1. The standard InChI is InChI=1S/C27H34N2O5/c1-4-18(15-24(30)29-27(5-2,6-3)25(31)32)16-28-26(33)34-17-23-21-13-9-7-11-19(21)20-12-8-10-14-22(20)23/h7-14,18,23H,4-6,15-17H2,1-3H3,(H,28,33)(H,29,30)(H,31,32). The van der Waals surface area contributed by atoms with Gasteiger partial charge >= 0.3 is 12.1 Å². The van der Waals surface area contributed by atoms with E-state index in [1.165, 1.54) is 11.1 Å². The van der Waals surface area contributed by atoms with Crippen LogP contribution >= 0.6 is 0 Å². The zero-order chi connectivity index (χ0) is 24.7. The van der Waals surface area contributed by atoms with Crippen molar-refractivity contribution in [3.05, 3.63) is 59.7 Å². The largest absolute Gasteiger partial charge is 0.480 e. The molecule has 0 aromatic heterocycles. The van der Waals surface area contributed by atoms with E-state index < -0.39 is 17.6 Å². The second kappa shape index (κ2) is 11.2. The molecular weight excluding hydrogens is 432 g/mol. The molecule has 0 saturated heterocycles. The van der Waals surface area contributed by atoms with Gasteiger partial charge < -0.3 is 20.5 Å². The molecule has 1 atom stereocenters. The minimum atomic E-state index is -1.25. The lowest BCUT2D eigenvalue weighted by molar-refractivity contribution is -0.148. The fourth-order valence-corrected chi connectivity index (χ4v) is 4.60. The highest BCUT2D eigenvalue weighted by Crippen LogP contribution is 2.44. The van der Waals surface area contributed by atoms with E-state index in [2.05, 4.69) is 34.9 Å². The summed E-state index contributed by atoms with van der Waals surface area (Å²) in [7, 11) is 0. The zero-order valence-electron chi connectivity index (χ0n) is 20.1. The van der Waals surface area contributed by atoms with Crippen LogP contribution < -0.4 is 10.6 Å². The van der Waals surface area contributed by atoms with Gasteiger partial charge in [-0.25, -0.2) is 9.59 Å². The van der Waals surface area contributed by atoms with Crippen LogP contribution in [-0.2, 0) is 14.3 Å². The Bertz CT molecular complexity index is 986. The number of hydrogen-bond donors (Lipinski definition) is 3. The Morgan fingerprint density at radius 1 is 0.971 bits per heavy atom. The zero-order valence-corrected chi connectivity index (χ0v) is 20.1. The summed E-state index contributed by atoms with van der Waals surface area (Å²) in [6.45, 7) is 5.92. The van der Waals surface area contributed by atoms with E-state index in [1.54, 1.807) is 13.8 Å². The van der Waals surface area contributed by atoms with E-state index in [4.69, 9.17) is 4.74 Å². The maximum atomic E-state index is 12.5. The number of amides is 2. The van der Waals surface area contributed by atoms with Crippen LogP contribution in [0.2, 0.25) is 0 Å². The fraction of sp³-hybridized carbons (Fsp3) is 0.444. The van der Waals surface area contributed by atoms with Crippen molar-refractivity contribution in [1.29, 1.82) is 0 Å². The van der Waals surface area contributed by atoms with Gasteiger partial charge in [0.1, 0.15) is 12.1 Å². The smallest absolute Gasteiger partial charge is 0.407 e. The SMILES string of the molecule is CCC(CNC(=O)OCC1c2ccccc2-c2ccccc21)CC(=O)NC(CC)(CC)C(=O)O. The highest BCUT2D eigenvalue weighted by atomic mass is 16.5. The Kier molecular flexibility index (Phi) is 8.31. The molecule has 2 amide bonds. The Morgan fingerprint density at radius 2 is 1.53 bits per heavy atom. The fourth-order valence-electron chi connectivity index (χ4n) is 4.60. The number of carbonyl (C=O) groups excluding carboxylic acids is 2. The summed E-state index contributed by atoms with van der Waals surface area (Å²) in [4.78, 5) is 36.6. The van der Waals surface area contributed by atoms with Crippen LogP contribution in [0.5, 0.6) is 0 Å². The second-order valence-corrected chi connectivity index (χ2v) is 8.83. The molecule has 0 radical (unpaired) electrons. The monoisotopic (exact) mass is 466 g/mol. The molecule has 0 spiro atoms. The Balaban J connectivity index is 1.53. The summed E-state index contributed by atoms with van der Waals surface area (Å²) in [5.41, 5.74) is 3.37. The molecule has 3 N–H and O–H groups in total. The summed E-state index contributed by atoms with van der Waals surface area (Å²) >= 11 is 0. The molecule has 3 rings (SSSR count). The van der Waals surface area contributed by atoms with Crippen LogP contribution in [0.25, 0.3) is 11.1 Å². The van der Waals surface area contributed by atoms with Gasteiger partial charge in [0.2, 0.25) is 5.91 Å².